The summed E-state index contributed by atoms with van der Waals surface area (Å²) < 4.78 is 40.6. The Bertz CT molecular complexity index is 594. The van der Waals surface area contributed by atoms with Crippen LogP contribution in [0.1, 0.15) is 11.6 Å². The molecule has 1 aliphatic heterocycles. The summed E-state index contributed by atoms with van der Waals surface area (Å²) in [5.41, 5.74) is 1.06. The molecule has 2 aromatic rings. The van der Waals surface area contributed by atoms with Crippen LogP contribution in [-0.4, -0.2) is 42.2 Å². The number of nitrogens with zero attached hydrogens (tertiary/aromatic N) is 1. The molecule has 22 heavy (non-hydrogen) atoms. The Morgan fingerprint density at radius 2 is 1.68 bits per heavy atom. The SMILES string of the molecule is Cl.Cl.FC(F)(F)[C@H](c1c[nH]c2ccccc12)N1CCNCC1. The van der Waals surface area contributed by atoms with E-state index in [0.717, 1.165) is 5.52 Å². The monoisotopic (exact) mass is 355 g/mol. The number of hydrogen-bond acceptors (Lipinski definition) is 2. The normalized spacial score (nSPS) is 17.6. The second kappa shape index (κ2) is 7.55. The van der Waals surface area contributed by atoms with Crippen LogP contribution in [0.3, 0.4) is 0 Å². The lowest BCUT2D eigenvalue weighted by molar-refractivity contribution is -0.187. The van der Waals surface area contributed by atoms with Crippen LogP contribution in [0.25, 0.3) is 10.9 Å². The molecular weight excluding hydrogens is 338 g/mol. The third-order valence-electron chi connectivity index (χ3n) is 3.74. The molecule has 0 saturated carbocycles. The maximum absolute atomic E-state index is 13.5. The van der Waals surface area contributed by atoms with E-state index in [4.69, 9.17) is 0 Å². The first kappa shape index (κ1) is 19.1. The van der Waals surface area contributed by atoms with Crippen LogP contribution >= 0.6 is 24.8 Å². The van der Waals surface area contributed by atoms with Crippen molar-refractivity contribution in [3.63, 3.8) is 0 Å². The number of nitrogens with one attached hydrogen (secondary N) is 2. The van der Waals surface area contributed by atoms with E-state index in [9.17, 15) is 13.2 Å². The molecular formula is C14H18Cl2F3N3. The highest BCUT2D eigenvalue weighted by Crippen LogP contribution is 2.40. The van der Waals surface area contributed by atoms with Crippen LogP contribution in [0, 0.1) is 0 Å². The molecule has 8 heteroatoms. The molecule has 0 bridgehead atoms. The second-order valence-electron chi connectivity index (χ2n) is 5.02. The maximum atomic E-state index is 13.5. The summed E-state index contributed by atoms with van der Waals surface area (Å²) in [5, 5.41) is 3.73. The Hall–Kier alpha value is -0.950. The van der Waals surface area contributed by atoms with Gasteiger partial charge in [-0.2, -0.15) is 13.2 Å². The second-order valence-corrected chi connectivity index (χ2v) is 5.02. The topological polar surface area (TPSA) is 31.1 Å². The number of alkyl halides is 3. The molecule has 0 radical (unpaired) electrons. The number of hydrogen-bond donors (Lipinski definition) is 2. The van der Waals surface area contributed by atoms with Gasteiger partial charge in [-0.05, 0) is 6.07 Å². The predicted octanol–water partition coefficient (Wildman–Crippen LogP) is 3.52. The number of para-hydroxylation sites is 1. The van der Waals surface area contributed by atoms with Gasteiger partial charge < -0.3 is 10.3 Å². The Labute approximate surface area is 139 Å². The molecule has 0 aliphatic carbocycles. The number of halogens is 5. The third-order valence-corrected chi connectivity index (χ3v) is 3.74. The van der Waals surface area contributed by atoms with Crippen molar-refractivity contribution in [3.05, 3.63) is 36.0 Å². The Morgan fingerprint density at radius 1 is 1.05 bits per heavy atom. The zero-order valence-corrected chi connectivity index (χ0v) is 13.3. The zero-order chi connectivity index (χ0) is 14.2. The highest BCUT2D eigenvalue weighted by Gasteiger charge is 2.45. The van der Waals surface area contributed by atoms with E-state index in [2.05, 4.69) is 10.3 Å². The number of H-pyrrole nitrogens is 1. The lowest BCUT2D eigenvalue weighted by atomic mass is 10.0. The maximum Gasteiger partial charge on any atom is 0.408 e. The van der Waals surface area contributed by atoms with Crippen molar-refractivity contribution in [2.24, 2.45) is 0 Å². The average Bonchev–Trinajstić information content (AvgIpc) is 2.83. The molecule has 0 unspecified atom stereocenters. The van der Waals surface area contributed by atoms with Gasteiger partial charge in [0.25, 0.3) is 0 Å². The quantitative estimate of drug-likeness (QED) is 0.863. The fourth-order valence-corrected chi connectivity index (χ4v) is 2.84. The minimum absolute atomic E-state index is 0. The molecule has 2 N–H and O–H groups in total. The average molecular weight is 356 g/mol. The molecule has 1 saturated heterocycles. The van der Waals surface area contributed by atoms with Gasteiger partial charge in [0.15, 0.2) is 0 Å². The number of fused-ring (bicyclic) bond motifs is 1. The van der Waals surface area contributed by atoms with Crippen molar-refractivity contribution in [2.75, 3.05) is 26.2 Å². The van der Waals surface area contributed by atoms with Gasteiger partial charge in [0.1, 0.15) is 6.04 Å². The van der Waals surface area contributed by atoms with Crippen LogP contribution in [0.4, 0.5) is 13.2 Å². The Kier molecular flexibility index (Phi) is 6.55. The molecule has 2 heterocycles. The molecule has 1 aromatic heterocycles. The van der Waals surface area contributed by atoms with E-state index >= 15 is 0 Å². The van der Waals surface area contributed by atoms with E-state index in [-0.39, 0.29) is 24.8 Å². The predicted molar refractivity (Wildman–Crippen MR) is 86.0 cm³/mol. The van der Waals surface area contributed by atoms with E-state index in [1.54, 1.807) is 18.2 Å². The molecule has 1 aliphatic rings. The molecule has 0 spiro atoms. The lowest BCUT2D eigenvalue weighted by Gasteiger charge is -2.35. The van der Waals surface area contributed by atoms with Crippen molar-refractivity contribution in [1.82, 2.24) is 15.2 Å². The fourth-order valence-electron chi connectivity index (χ4n) is 2.84. The van der Waals surface area contributed by atoms with Gasteiger partial charge in [-0.25, -0.2) is 0 Å². The zero-order valence-electron chi connectivity index (χ0n) is 11.7. The number of rotatable bonds is 2. The number of aromatic nitrogens is 1. The lowest BCUT2D eigenvalue weighted by Crippen LogP contribution is -2.49. The summed E-state index contributed by atoms with van der Waals surface area (Å²) >= 11 is 0. The first-order valence-electron chi connectivity index (χ1n) is 6.65. The minimum atomic E-state index is -4.28. The van der Waals surface area contributed by atoms with Crippen molar-refractivity contribution in [1.29, 1.82) is 0 Å². The highest BCUT2D eigenvalue weighted by molar-refractivity contribution is 5.85. The van der Waals surface area contributed by atoms with Crippen molar-refractivity contribution >= 4 is 35.7 Å². The molecule has 3 rings (SSSR count). The molecule has 1 fully saturated rings. The van der Waals surface area contributed by atoms with Crippen molar-refractivity contribution < 1.29 is 13.2 Å². The number of aromatic amines is 1. The molecule has 0 amide bonds. The van der Waals surface area contributed by atoms with E-state index in [1.807, 2.05) is 6.07 Å². The largest absolute Gasteiger partial charge is 0.408 e. The van der Waals surface area contributed by atoms with Gasteiger partial charge in [0.05, 0.1) is 0 Å². The van der Waals surface area contributed by atoms with Crippen LogP contribution in [0.5, 0.6) is 0 Å². The fraction of sp³-hybridized carbons (Fsp3) is 0.429. The van der Waals surface area contributed by atoms with Gasteiger partial charge in [0, 0.05) is 48.8 Å². The van der Waals surface area contributed by atoms with Crippen molar-refractivity contribution in [3.8, 4) is 0 Å². The number of piperazine rings is 1. The summed E-state index contributed by atoms with van der Waals surface area (Å²) in [6.07, 6.45) is -2.78. The summed E-state index contributed by atoms with van der Waals surface area (Å²) in [4.78, 5) is 4.44. The summed E-state index contributed by atoms with van der Waals surface area (Å²) in [6.45, 7) is 2.00. The van der Waals surface area contributed by atoms with Gasteiger partial charge >= 0.3 is 6.18 Å². The molecule has 3 nitrogen and oxygen atoms in total. The van der Waals surface area contributed by atoms with Crippen LogP contribution in [0.2, 0.25) is 0 Å². The smallest absolute Gasteiger partial charge is 0.361 e. The molecule has 1 atom stereocenters. The molecule has 1 aromatic carbocycles. The van der Waals surface area contributed by atoms with Gasteiger partial charge in [-0.1, -0.05) is 18.2 Å². The van der Waals surface area contributed by atoms with E-state index in [0.29, 0.717) is 37.1 Å². The summed E-state index contributed by atoms with van der Waals surface area (Å²) in [5.74, 6) is 0. The van der Waals surface area contributed by atoms with E-state index in [1.165, 1.54) is 11.1 Å². The first-order chi connectivity index (χ1) is 9.57. The molecule has 124 valence electrons. The van der Waals surface area contributed by atoms with Crippen LogP contribution in [-0.2, 0) is 0 Å². The summed E-state index contributed by atoms with van der Waals surface area (Å²) in [6, 6.07) is 5.58. The van der Waals surface area contributed by atoms with Gasteiger partial charge in [-0.15, -0.1) is 24.8 Å². The van der Waals surface area contributed by atoms with Gasteiger partial charge in [0.2, 0.25) is 0 Å². The summed E-state index contributed by atoms with van der Waals surface area (Å²) in [7, 11) is 0. The van der Waals surface area contributed by atoms with E-state index < -0.39 is 12.2 Å². The minimum Gasteiger partial charge on any atom is -0.361 e. The standard InChI is InChI=1S/C14H16F3N3.2ClH/c15-14(16,17)13(20-7-5-18-6-8-20)11-9-19-12-4-2-1-3-10(11)12;;/h1-4,9,13,18-19H,5-8H2;2*1H/t13-;;/m0../s1. The number of benzene rings is 1. The van der Waals surface area contributed by atoms with Crippen LogP contribution in [0.15, 0.2) is 30.5 Å². The van der Waals surface area contributed by atoms with Crippen molar-refractivity contribution in [2.45, 2.75) is 12.2 Å². The third kappa shape index (κ3) is 3.68. The highest BCUT2D eigenvalue weighted by atomic mass is 35.5. The van der Waals surface area contributed by atoms with Gasteiger partial charge in [-0.3, -0.25) is 4.90 Å². The van der Waals surface area contributed by atoms with Crippen LogP contribution < -0.4 is 5.32 Å². The Balaban J connectivity index is 0.00000121. The first-order valence-corrected chi connectivity index (χ1v) is 6.65. The Morgan fingerprint density at radius 3 is 2.32 bits per heavy atom.